The van der Waals surface area contributed by atoms with Gasteiger partial charge in [-0.05, 0) is 50.2 Å². The Morgan fingerprint density at radius 1 is 1.14 bits per heavy atom. The predicted molar refractivity (Wildman–Crippen MR) is 117 cm³/mol. The summed E-state index contributed by atoms with van der Waals surface area (Å²) in [5.41, 5.74) is 2.62. The summed E-state index contributed by atoms with van der Waals surface area (Å²) in [5.74, 6) is 1.41. The molecule has 0 saturated carbocycles. The number of benzene rings is 2. The lowest BCUT2D eigenvalue weighted by Crippen LogP contribution is -2.43. The molecule has 29 heavy (non-hydrogen) atoms. The highest BCUT2D eigenvalue weighted by molar-refractivity contribution is 7.14. The molecule has 7 heteroatoms. The summed E-state index contributed by atoms with van der Waals surface area (Å²) in [6, 6.07) is 14.9. The van der Waals surface area contributed by atoms with Gasteiger partial charge in [-0.15, -0.1) is 11.3 Å². The molecule has 2 aromatic carbocycles. The zero-order valence-corrected chi connectivity index (χ0v) is 17.8. The van der Waals surface area contributed by atoms with Crippen molar-refractivity contribution in [1.82, 2.24) is 10.3 Å². The lowest BCUT2D eigenvalue weighted by molar-refractivity contribution is -0.121. The lowest BCUT2D eigenvalue weighted by atomic mass is 10.2. The molecule has 152 valence electrons. The maximum atomic E-state index is 12.6. The summed E-state index contributed by atoms with van der Waals surface area (Å²) in [6.07, 6.45) is 0. The van der Waals surface area contributed by atoms with Crippen LogP contribution in [0.5, 0.6) is 11.5 Å². The quantitative estimate of drug-likeness (QED) is 0.592. The number of ether oxygens (including phenoxy) is 2. The van der Waals surface area contributed by atoms with Gasteiger partial charge in [-0.25, -0.2) is 4.98 Å². The van der Waals surface area contributed by atoms with Crippen molar-refractivity contribution in [3.8, 4) is 22.8 Å². The molecule has 3 rings (SSSR count). The minimum atomic E-state index is -0.457. The predicted octanol–water partition coefficient (Wildman–Crippen LogP) is 4.49. The molecular weight excluding hydrogens is 386 g/mol. The second-order valence-corrected chi connectivity index (χ2v) is 7.19. The third-order valence-corrected chi connectivity index (χ3v) is 5.39. The van der Waals surface area contributed by atoms with Crippen molar-refractivity contribution in [1.29, 1.82) is 0 Å². The number of likely N-dealkylation sites (N-methyl/N-ethyl adjacent to an activating group) is 1. The van der Waals surface area contributed by atoms with Crippen LogP contribution in [0.3, 0.4) is 0 Å². The van der Waals surface area contributed by atoms with Gasteiger partial charge in [0.1, 0.15) is 17.5 Å². The lowest BCUT2D eigenvalue weighted by Gasteiger charge is -2.29. The van der Waals surface area contributed by atoms with E-state index in [0.717, 1.165) is 27.8 Å². The summed E-state index contributed by atoms with van der Waals surface area (Å²) >= 11 is 1.49. The number of carbonyl (C=O) groups excluding carboxylic acids is 1. The Bertz CT molecular complexity index is 956. The van der Waals surface area contributed by atoms with Gasteiger partial charge in [0.05, 0.1) is 25.6 Å². The molecular formula is C22H25N3O3S. The van der Waals surface area contributed by atoms with Gasteiger partial charge in [0, 0.05) is 17.5 Å². The van der Waals surface area contributed by atoms with Gasteiger partial charge in [0.2, 0.25) is 5.91 Å². The number of hydrogen-bond donors (Lipinski definition) is 1. The number of methoxy groups -OCH3 is 2. The number of thiazole rings is 1. The number of anilines is 2. The molecule has 1 heterocycles. The Balaban J connectivity index is 2.02. The van der Waals surface area contributed by atoms with Gasteiger partial charge < -0.3 is 19.7 Å². The molecule has 1 atom stereocenters. The van der Waals surface area contributed by atoms with Crippen molar-refractivity contribution in [2.45, 2.75) is 19.9 Å². The molecule has 0 aliphatic heterocycles. The fourth-order valence-corrected chi connectivity index (χ4v) is 3.94. The number of hydrogen-bond acceptors (Lipinski definition) is 6. The summed E-state index contributed by atoms with van der Waals surface area (Å²) in [6.45, 7) is 4.34. The van der Waals surface area contributed by atoms with Gasteiger partial charge in [-0.2, -0.15) is 0 Å². The van der Waals surface area contributed by atoms with Gasteiger partial charge in [0.15, 0.2) is 5.13 Å². The maximum absolute atomic E-state index is 12.6. The normalized spacial score (nSPS) is 11.6. The van der Waals surface area contributed by atoms with Crippen LogP contribution in [0.1, 0.15) is 13.8 Å². The molecule has 0 aliphatic carbocycles. The largest absolute Gasteiger partial charge is 0.497 e. The summed E-state index contributed by atoms with van der Waals surface area (Å²) < 4.78 is 10.8. The molecule has 0 radical (unpaired) electrons. The topological polar surface area (TPSA) is 63.7 Å². The molecule has 6 nitrogen and oxygen atoms in total. The van der Waals surface area contributed by atoms with Crippen molar-refractivity contribution < 1.29 is 14.3 Å². The molecule has 0 bridgehead atoms. The molecule has 0 spiro atoms. The summed E-state index contributed by atoms with van der Waals surface area (Å²) in [4.78, 5) is 19.4. The van der Waals surface area contributed by atoms with Gasteiger partial charge in [-0.3, -0.25) is 4.79 Å². The van der Waals surface area contributed by atoms with E-state index in [4.69, 9.17) is 14.5 Å². The first-order chi connectivity index (χ1) is 14.1. The average molecular weight is 412 g/mol. The van der Waals surface area contributed by atoms with Crippen molar-refractivity contribution >= 4 is 28.1 Å². The van der Waals surface area contributed by atoms with Crippen molar-refractivity contribution in [3.05, 3.63) is 53.9 Å². The van der Waals surface area contributed by atoms with E-state index in [-0.39, 0.29) is 5.91 Å². The van der Waals surface area contributed by atoms with E-state index >= 15 is 0 Å². The Labute approximate surface area is 175 Å². The van der Waals surface area contributed by atoms with E-state index in [1.807, 2.05) is 72.7 Å². The first-order valence-electron chi connectivity index (χ1n) is 9.39. The van der Waals surface area contributed by atoms with Crippen LogP contribution < -0.4 is 19.7 Å². The Morgan fingerprint density at radius 3 is 2.52 bits per heavy atom. The summed E-state index contributed by atoms with van der Waals surface area (Å²) in [5, 5.41) is 5.61. The zero-order valence-electron chi connectivity index (χ0n) is 17.0. The number of aromatic nitrogens is 1. The number of nitrogens with one attached hydrogen (secondary N) is 1. The van der Waals surface area contributed by atoms with E-state index < -0.39 is 6.04 Å². The van der Waals surface area contributed by atoms with Crippen LogP contribution in [-0.4, -0.2) is 37.7 Å². The van der Waals surface area contributed by atoms with Gasteiger partial charge in [-0.1, -0.05) is 12.1 Å². The maximum Gasteiger partial charge on any atom is 0.242 e. The molecule has 1 unspecified atom stereocenters. The fraction of sp³-hybridized carbons (Fsp3) is 0.273. The number of carbonyl (C=O) groups is 1. The standard InChI is InChI=1S/C22H25N3O3S/c1-5-23-21(26)15(2)25(19-8-6-7-9-20(19)28-4)22-24-18(14-29-22)16-10-12-17(27-3)13-11-16/h6-15H,5H2,1-4H3,(H,23,26). The Kier molecular flexibility index (Phi) is 6.72. The van der Waals surface area contributed by atoms with Crippen molar-refractivity contribution in [2.24, 2.45) is 0 Å². The van der Waals surface area contributed by atoms with Crippen LogP contribution in [0.4, 0.5) is 10.8 Å². The van der Waals surface area contributed by atoms with E-state index in [0.29, 0.717) is 12.3 Å². The molecule has 1 amide bonds. The van der Waals surface area contributed by atoms with E-state index in [2.05, 4.69) is 5.32 Å². The number of rotatable bonds is 8. The van der Waals surface area contributed by atoms with Crippen molar-refractivity contribution in [3.63, 3.8) is 0 Å². The number of para-hydroxylation sites is 2. The van der Waals surface area contributed by atoms with Crippen LogP contribution in [0.25, 0.3) is 11.3 Å². The molecule has 0 aliphatic rings. The molecule has 3 aromatic rings. The molecule has 1 aromatic heterocycles. The second kappa shape index (κ2) is 9.43. The summed E-state index contributed by atoms with van der Waals surface area (Å²) in [7, 11) is 3.27. The number of amides is 1. The minimum Gasteiger partial charge on any atom is -0.497 e. The van der Waals surface area contributed by atoms with Crippen LogP contribution in [0.2, 0.25) is 0 Å². The number of nitrogens with zero attached hydrogens (tertiary/aromatic N) is 2. The van der Waals surface area contributed by atoms with Crippen LogP contribution in [-0.2, 0) is 4.79 Å². The highest BCUT2D eigenvalue weighted by atomic mass is 32.1. The van der Waals surface area contributed by atoms with Gasteiger partial charge in [0.25, 0.3) is 0 Å². The molecule has 0 fully saturated rings. The van der Waals surface area contributed by atoms with E-state index in [1.165, 1.54) is 11.3 Å². The zero-order chi connectivity index (χ0) is 20.8. The van der Waals surface area contributed by atoms with Gasteiger partial charge >= 0.3 is 0 Å². The Morgan fingerprint density at radius 2 is 1.86 bits per heavy atom. The highest BCUT2D eigenvalue weighted by Gasteiger charge is 2.27. The fourth-order valence-electron chi connectivity index (χ4n) is 3.01. The Hall–Kier alpha value is -3.06. The minimum absolute atomic E-state index is 0.0698. The van der Waals surface area contributed by atoms with E-state index in [9.17, 15) is 4.79 Å². The van der Waals surface area contributed by atoms with Crippen LogP contribution >= 0.6 is 11.3 Å². The first kappa shape index (κ1) is 20.7. The first-order valence-corrected chi connectivity index (χ1v) is 10.3. The molecule has 0 saturated heterocycles. The van der Waals surface area contributed by atoms with Crippen LogP contribution in [0.15, 0.2) is 53.9 Å². The third kappa shape index (κ3) is 4.51. The smallest absolute Gasteiger partial charge is 0.242 e. The van der Waals surface area contributed by atoms with Crippen molar-refractivity contribution in [2.75, 3.05) is 25.7 Å². The SMILES string of the molecule is CCNC(=O)C(C)N(c1nc(-c2ccc(OC)cc2)cs1)c1ccccc1OC. The molecule has 1 N–H and O–H groups in total. The van der Waals surface area contributed by atoms with Crippen LogP contribution in [0, 0.1) is 0 Å². The third-order valence-electron chi connectivity index (χ3n) is 4.55. The second-order valence-electron chi connectivity index (χ2n) is 6.36. The van der Waals surface area contributed by atoms with E-state index in [1.54, 1.807) is 14.2 Å². The highest BCUT2D eigenvalue weighted by Crippen LogP contribution is 2.38. The monoisotopic (exact) mass is 411 g/mol. The average Bonchev–Trinajstić information content (AvgIpc) is 3.24.